The van der Waals surface area contributed by atoms with Crippen LogP contribution in [0.2, 0.25) is 0 Å². The molecular formula is C19H28N2O3S. The molecule has 0 spiro atoms. The summed E-state index contributed by atoms with van der Waals surface area (Å²) in [5.74, 6) is -0.139. The fourth-order valence-corrected chi connectivity index (χ4v) is 6.00. The second-order valence-corrected chi connectivity index (χ2v) is 9.34. The third-order valence-electron chi connectivity index (χ3n) is 5.93. The molecular weight excluding hydrogens is 336 g/mol. The van der Waals surface area contributed by atoms with Crippen molar-refractivity contribution in [1.82, 2.24) is 9.62 Å². The highest BCUT2D eigenvalue weighted by Crippen LogP contribution is 2.34. The zero-order valence-electron chi connectivity index (χ0n) is 15.8. The van der Waals surface area contributed by atoms with Crippen LogP contribution in [-0.2, 0) is 14.8 Å². The molecule has 1 aliphatic carbocycles. The van der Waals surface area contributed by atoms with Gasteiger partial charge in [0.25, 0.3) is 0 Å². The zero-order valence-corrected chi connectivity index (χ0v) is 16.6. The van der Waals surface area contributed by atoms with Crippen LogP contribution in [-0.4, -0.2) is 37.3 Å². The first-order chi connectivity index (χ1) is 11.7. The highest BCUT2D eigenvalue weighted by atomic mass is 32.2. The van der Waals surface area contributed by atoms with Crippen LogP contribution in [0.5, 0.6) is 0 Å². The lowest BCUT2D eigenvalue weighted by Gasteiger charge is -2.27. The van der Waals surface area contributed by atoms with Crippen LogP contribution in [0.15, 0.2) is 4.90 Å². The normalized spacial score (nSPS) is 21.6. The van der Waals surface area contributed by atoms with Crippen molar-refractivity contribution in [1.29, 1.82) is 0 Å². The second-order valence-electron chi connectivity index (χ2n) is 7.51. The Labute approximate surface area is 150 Å². The van der Waals surface area contributed by atoms with E-state index in [1.54, 1.807) is 0 Å². The molecule has 2 fully saturated rings. The van der Waals surface area contributed by atoms with Gasteiger partial charge in [0.2, 0.25) is 15.9 Å². The Morgan fingerprint density at radius 3 is 1.96 bits per heavy atom. The molecule has 1 aromatic carbocycles. The third kappa shape index (κ3) is 3.10. The van der Waals surface area contributed by atoms with E-state index < -0.39 is 16.1 Å². The maximum atomic E-state index is 13.5. The summed E-state index contributed by atoms with van der Waals surface area (Å²) in [6, 6.07) is -0.337. The van der Waals surface area contributed by atoms with Gasteiger partial charge >= 0.3 is 0 Å². The highest BCUT2D eigenvalue weighted by molar-refractivity contribution is 7.89. The van der Waals surface area contributed by atoms with Crippen molar-refractivity contribution < 1.29 is 13.2 Å². The number of nitrogens with one attached hydrogen (secondary N) is 1. The Balaban J connectivity index is 2.02. The molecule has 0 bridgehead atoms. The van der Waals surface area contributed by atoms with Crippen LogP contribution in [0.1, 0.15) is 53.5 Å². The van der Waals surface area contributed by atoms with E-state index in [1.165, 1.54) is 4.31 Å². The summed E-state index contributed by atoms with van der Waals surface area (Å²) < 4.78 is 28.3. The topological polar surface area (TPSA) is 66.5 Å². The molecule has 25 heavy (non-hydrogen) atoms. The first-order valence-electron chi connectivity index (χ1n) is 9.05. The van der Waals surface area contributed by atoms with Crippen molar-refractivity contribution in [3.8, 4) is 0 Å². The van der Waals surface area contributed by atoms with Crippen molar-refractivity contribution in [2.45, 2.75) is 77.3 Å². The van der Waals surface area contributed by atoms with E-state index in [0.717, 1.165) is 47.1 Å². The molecule has 1 saturated carbocycles. The molecule has 1 N–H and O–H groups in total. The fourth-order valence-electron chi connectivity index (χ4n) is 3.78. The predicted octanol–water partition coefficient (Wildman–Crippen LogP) is 2.66. The Morgan fingerprint density at radius 2 is 1.44 bits per heavy atom. The monoisotopic (exact) mass is 364 g/mol. The standard InChI is InChI=1S/C19H28N2O3S/c1-11-12(2)14(4)18(15(5)13(11)3)25(23,24)21-10-6-7-17(21)19(22)20-16-8-9-16/h16-17H,6-10H2,1-5H3,(H,20,22). The van der Waals surface area contributed by atoms with E-state index in [2.05, 4.69) is 5.32 Å². The molecule has 0 radical (unpaired) electrons. The summed E-state index contributed by atoms with van der Waals surface area (Å²) in [4.78, 5) is 12.9. The van der Waals surface area contributed by atoms with Crippen LogP contribution >= 0.6 is 0 Å². The van der Waals surface area contributed by atoms with E-state index >= 15 is 0 Å². The Bertz CT molecular complexity index is 797. The van der Waals surface area contributed by atoms with E-state index in [0.29, 0.717) is 17.9 Å². The molecule has 2 aliphatic rings. The maximum Gasteiger partial charge on any atom is 0.244 e. The minimum Gasteiger partial charge on any atom is -0.352 e. The van der Waals surface area contributed by atoms with E-state index in [4.69, 9.17) is 0 Å². The SMILES string of the molecule is Cc1c(C)c(C)c(S(=O)(=O)N2CCCC2C(=O)NC2CC2)c(C)c1C. The molecule has 1 aromatic rings. The average Bonchev–Trinajstić information content (AvgIpc) is 3.21. The first-order valence-corrected chi connectivity index (χ1v) is 10.5. The van der Waals surface area contributed by atoms with Gasteiger partial charge in [-0.2, -0.15) is 4.31 Å². The summed E-state index contributed by atoms with van der Waals surface area (Å²) in [6.07, 6.45) is 3.32. The van der Waals surface area contributed by atoms with Crippen LogP contribution in [0, 0.1) is 34.6 Å². The number of amides is 1. The lowest BCUT2D eigenvalue weighted by molar-refractivity contribution is -0.124. The number of hydrogen-bond donors (Lipinski definition) is 1. The van der Waals surface area contributed by atoms with Gasteiger partial charge in [-0.3, -0.25) is 4.79 Å². The Hall–Kier alpha value is -1.40. The molecule has 1 amide bonds. The summed E-state index contributed by atoms with van der Waals surface area (Å²) in [5.41, 5.74) is 4.76. The molecule has 0 aromatic heterocycles. The number of benzene rings is 1. The van der Waals surface area contributed by atoms with Gasteiger partial charge in [0, 0.05) is 12.6 Å². The third-order valence-corrected chi connectivity index (χ3v) is 8.11. The van der Waals surface area contributed by atoms with E-state index in [1.807, 2.05) is 34.6 Å². The molecule has 5 nitrogen and oxygen atoms in total. The van der Waals surface area contributed by atoms with Gasteiger partial charge in [-0.15, -0.1) is 0 Å². The van der Waals surface area contributed by atoms with Crippen molar-refractivity contribution in [2.75, 3.05) is 6.54 Å². The van der Waals surface area contributed by atoms with Crippen molar-refractivity contribution in [3.63, 3.8) is 0 Å². The van der Waals surface area contributed by atoms with Gasteiger partial charge in [-0.1, -0.05) is 0 Å². The second kappa shape index (κ2) is 6.40. The highest BCUT2D eigenvalue weighted by Gasteiger charge is 2.42. The Morgan fingerprint density at radius 1 is 0.920 bits per heavy atom. The van der Waals surface area contributed by atoms with Crippen molar-refractivity contribution in [2.24, 2.45) is 0 Å². The summed E-state index contributed by atoms with van der Waals surface area (Å²) >= 11 is 0. The summed E-state index contributed by atoms with van der Waals surface area (Å²) in [7, 11) is -3.70. The number of carbonyl (C=O) groups excluding carboxylic acids is 1. The summed E-state index contributed by atoms with van der Waals surface area (Å²) in [5, 5.41) is 2.97. The van der Waals surface area contributed by atoms with Crippen molar-refractivity contribution in [3.05, 3.63) is 27.8 Å². The zero-order chi connectivity index (χ0) is 18.5. The lowest BCUT2D eigenvalue weighted by atomic mass is 9.95. The van der Waals surface area contributed by atoms with Gasteiger partial charge in [-0.05, 0) is 88.1 Å². The lowest BCUT2D eigenvalue weighted by Crippen LogP contribution is -2.46. The fraction of sp³-hybridized carbons (Fsp3) is 0.632. The number of hydrogen-bond acceptors (Lipinski definition) is 3. The number of sulfonamides is 1. The van der Waals surface area contributed by atoms with Gasteiger partial charge < -0.3 is 5.32 Å². The molecule has 138 valence electrons. The quantitative estimate of drug-likeness (QED) is 0.893. The number of rotatable bonds is 4. The average molecular weight is 365 g/mol. The minimum absolute atomic E-state index is 0.139. The first kappa shape index (κ1) is 18.4. The van der Waals surface area contributed by atoms with Crippen molar-refractivity contribution >= 4 is 15.9 Å². The summed E-state index contributed by atoms with van der Waals surface area (Å²) in [6.45, 7) is 10.1. The van der Waals surface area contributed by atoms with Crippen LogP contribution in [0.4, 0.5) is 0 Å². The molecule has 1 saturated heterocycles. The molecule has 6 heteroatoms. The predicted molar refractivity (Wildman–Crippen MR) is 98.2 cm³/mol. The molecule has 1 heterocycles. The van der Waals surface area contributed by atoms with Crippen LogP contribution < -0.4 is 5.32 Å². The number of carbonyl (C=O) groups is 1. The smallest absolute Gasteiger partial charge is 0.244 e. The van der Waals surface area contributed by atoms with Gasteiger partial charge in [-0.25, -0.2) is 8.42 Å². The largest absolute Gasteiger partial charge is 0.352 e. The van der Waals surface area contributed by atoms with E-state index in [9.17, 15) is 13.2 Å². The molecule has 3 rings (SSSR count). The van der Waals surface area contributed by atoms with Gasteiger partial charge in [0.15, 0.2) is 0 Å². The minimum atomic E-state index is -3.70. The van der Waals surface area contributed by atoms with Gasteiger partial charge in [0.1, 0.15) is 6.04 Å². The van der Waals surface area contributed by atoms with E-state index in [-0.39, 0.29) is 11.9 Å². The van der Waals surface area contributed by atoms with Crippen LogP contribution in [0.3, 0.4) is 0 Å². The van der Waals surface area contributed by atoms with Gasteiger partial charge in [0.05, 0.1) is 4.90 Å². The molecule has 1 unspecified atom stereocenters. The number of nitrogens with zero attached hydrogens (tertiary/aromatic N) is 1. The molecule has 1 aliphatic heterocycles. The van der Waals surface area contributed by atoms with Crippen LogP contribution in [0.25, 0.3) is 0 Å². The maximum absolute atomic E-state index is 13.5. The Kier molecular flexibility index (Phi) is 4.71. The molecule has 1 atom stereocenters.